The van der Waals surface area contributed by atoms with E-state index < -0.39 is 0 Å². The van der Waals surface area contributed by atoms with Crippen molar-refractivity contribution in [1.82, 2.24) is 10.2 Å². The third-order valence-corrected chi connectivity index (χ3v) is 4.16. The van der Waals surface area contributed by atoms with Crippen LogP contribution >= 0.6 is 27.5 Å². The maximum absolute atomic E-state index is 6.35. The molecule has 0 radical (unpaired) electrons. The Bertz CT molecular complexity index is 451. The highest BCUT2D eigenvalue weighted by Crippen LogP contribution is 2.42. The molecule has 0 unspecified atom stereocenters. The number of benzene rings is 1. The summed E-state index contributed by atoms with van der Waals surface area (Å²) < 4.78 is 11.7. The molecule has 1 aromatic carbocycles. The first-order chi connectivity index (χ1) is 9.17. The smallest absolute Gasteiger partial charge is 0.175 e. The van der Waals surface area contributed by atoms with Crippen molar-refractivity contribution in [2.24, 2.45) is 0 Å². The van der Waals surface area contributed by atoms with E-state index in [9.17, 15) is 0 Å². The van der Waals surface area contributed by atoms with E-state index in [1.807, 2.05) is 6.07 Å². The van der Waals surface area contributed by atoms with Crippen molar-refractivity contribution >= 4 is 27.5 Å². The van der Waals surface area contributed by atoms with Gasteiger partial charge in [-0.05, 0) is 22.0 Å². The van der Waals surface area contributed by atoms with Gasteiger partial charge in [0.05, 0.1) is 23.7 Å². The molecule has 0 atom stereocenters. The second-order valence-corrected chi connectivity index (χ2v) is 5.67. The SMILES string of the molecule is COc1c(Br)cc(Cl)c(CN2CCNCC2)c1OC. The minimum atomic E-state index is 0.692. The number of hydrogen-bond donors (Lipinski definition) is 1. The van der Waals surface area contributed by atoms with Gasteiger partial charge in [-0.15, -0.1) is 0 Å². The van der Waals surface area contributed by atoms with Gasteiger partial charge < -0.3 is 14.8 Å². The first kappa shape index (κ1) is 14.9. The van der Waals surface area contributed by atoms with E-state index in [1.54, 1.807) is 14.2 Å². The van der Waals surface area contributed by atoms with Crippen molar-refractivity contribution in [2.75, 3.05) is 40.4 Å². The van der Waals surface area contributed by atoms with Crippen LogP contribution in [0.5, 0.6) is 11.5 Å². The van der Waals surface area contributed by atoms with E-state index in [0.717, 1.165) is 42.8 Å². The fraction of sp³-hybridized carbons (Fsp3) is 0.538. The molecule has 1 aliphatic heterocycles. The van der Waals surface area contributed by atoms with Crippen LogP contribution < -0.4 is 14.8 Å². The second-order valence-electron chi connectivity index (χ2n) is 4.41. The third kappa shape index (κ3) is 3.34. The Balaban J connectivity index is 2.32. The lowest BCUT2D eigenvalue weighted by Crippen LogP contribution is -2.43. The molecule has 0 bridgehead atoms. The van der Waals surface area contributed by atoms with Gasteiger partial charge in [-0.3, -0.25) is 4.90 Å². The molecule has 1 heterocycles. The molecule has 1 aromatic rings. The summed E-state index contributed by atoms with van der Waals surface area (Å²) in [6.45, 7) is 4.81. The standard InChI is InChI=1S/C13H18BrClN2O2/c1-18-12-9(8-17-5-3-16-4-6-17)11(15)7-10(14)13(12)19-2/h7,16H,3-6,8H2,1-2H3. The molecule has 106 valence electrons. The van der Waals surface area contributed by atoms with E-state index in [2.05, 4.69) is 26.1 Å². The number of nitrogens with zero attached hydrogens (tertiary/aromatic N) is 1. The van der Waals surface area contributed by atoms with E-state index >= 15 is 0 Å². The van der Waals surface area contributed by atoms with Crippen LogP contribution in [0.3, 0.4) is 0 Å². The van der Waals surface area contributed by atoms with E-state index in [4.69, 9.17) is 21.1 Å². The summed E-state index contributed by atoms with van der Waals surface area (Å²) in [4.78, 5) is 2.35. The highest BCUT2D eigenvalue weighted by Gasteiger charge is 2.20. The predicted molar refractivity (Wildman–Crippen MR) is 80.4 cm³/mol. The molecule has 0 aliphatic carbocycles. The van der Waals surface area contributed by atoms with Crippen LogP contribution in [0.4, 0.5) is 0 Å². The van der Waals surface area contributed by atoms with Crippen molar-refractivity contribution in [3.63, 3.8) is 0 Å². The number of rotatable bonds is 4. The Morgan fingerprint density at radius 2 is 1.89 bits per heavy atom. The quantitative estimate of drug-likeness (QED) is 0.906. The Morgan fingerprint density at radius 3 is 2.47 bits per heavy atom. The molecule has 1 fully saturated rings. The van der Waals surface area contributed by atoms with Crippen molar-refractivity contribution in [2.45, 2.75) is 6.54 Å². The normalized spacial score (nSPS) is 16.4. The van der Waals surface area contributed by atoms with Gasteiger partial charge in [-0.1, -0.05) is 11.6 Å². The Labute approximate surface area is 127 Å². The maximum Gasteiger partial charge on any atom is 0.175 e. The van der Waals surface area contributed by atoms with E-state index in [0.29, 0.717) is 16.5 Å². The molecule has 0 amide bonds. The summed E-state index contributed by atoms with van der Waals surface area (Å²) in [6.07, 6.45) is 0. The van der Waals surface area contributed by atoms with Crippen LogP contribution in [0.1, 0.15) is 5.56 Å². The molecule has 0 saturated carbocycles. The minimum absolute atomic E-state index is 0.692. The lowest BCUT2D eigenvalue weighted by molar-refractivity contribution is 0.229. The zero-order chi connectivity index (χ0) is 13.8. The van der Waals surface area contributed by atoms with E-state index in [1.165, 1.54) is 0 Å². The minimum Gasteiger partial charge on any atom is -0.492 e. The summed E-state index contributed by atoms with van der Waals surface area (Å²) in [5, 5.41) is 4.03. The predicted octanol–water partition coefficient (Wildman–Crippen LogP) is 2.52. The summed E-state index contributed by atoms with van der Waals surface area (Å²) in [7, 11) is 3.27. The van der Waals surface area contributed by atoms with Crippen LogP contribution in [-0.2, 0) is 6.54 Å². The number of halogens is 2. The average Bonchev–Trinajstić information content (AvgIpc) is 2.42. The lowest BCUT2D eigenvalue weighted by atomic mass is 10.1. The second kappa shape index (κ2) is 6.79. The van der Waals surface area contributed by atoms with Gasteiger partial charge in [0.2, 0.25) is 0 Å². The Morgan fingerprint density at radius 1 is 1.26 bits per heavy atom. The first-order valence-electron chi connectivity index (χ1n) is 6.19. The summed E-state index contributed by atoms with van der Waals surface area (Å²) in [6, 6.07) is 1.86. The maximum atomic E-state index is 6.35. The molecule has 0 aromatic heterocycles. The van der Waals surface area contributed by atoms with Crippen molar-refractivity contribution in [3.05, 3.63) is 21.1 Å². The number of nitrogens with one attached hydrogen (secondary N) is 1. The fourth-order valence-electron chi connectivity index (χ4n) is 2.26. The summed E-state index contributed by atoms with van der Waals surface area (Å²) >= 11 is 9.80. The highest BCUT2D eigenvalue weighted by molar-refractivity contribution is 9.10. The van der Waals surface area contributed by atoms with Crippen LogP contribution in [0.25, 0.3) is 0 Å². The average molecular weight is 350 g/mol. The van der Waals surface area contributed by atoms with Crippen LogP contribution in [0.2, 0.25) is 5.02 Å². The molecule has 1 N–H and O–H groups in total. The molecule has 4 nitrogen and oxygen atoms in total. The largest absolute Gasteiger partial charge is 0.492 e. The molecule has 1 aliphatic rings. The van der Waals surface area contributed by atoms with Crippen LogP contribution in [0.15, 0.2) is 10.5 Å². The van der Waals surface area contributed by atoms with Gasteiger partial charge >= 0.3 is 0 Å². The monoisotopic (exact) mass is 348 g/mol. The Kier molecular flexibility index (Phi) is 5.33. The van der Waals surface area contributed by atoms with E-state index in [-0.39, 0.29) is 0 Å². The van der Waals surface area contributed by atoms with Gasteiger partial charge in [0.25, 0.3) is 0 Å². The summed E-state index contributed by atoms with van der Waals surface area (Å²) in [5.41, 5.74) is 0.978. The van der Waals surface area contributed by atoms with Gasteiger partial charge in [0.15, 0.2) is 11.5 Å². The molecule has 0 spiro atoms. The Hall–Kier alpha value is -0.490. The molecule has 6 heteroatoms. The van der Waals surface area contributed by atoms with Crippen LogP contribution in [-0.4, -0.2) is 45.3 Å². The fourth-order valence-corrected chi connectivity index (χ4v) is 3.22. The molecule has 1 saturated heterocycles. The van der Waals surface area contributed by atoms with Crippen molar-refractivity contribution < 1.29 is 9.47 Å². The molecule has 2 rings (SSSR count). The van der Waals surface area contributed by atoms with Crippen LogP contribution in [0, 0.1) is 0 Å². The van der Waals surface area contributed by atoms with Gasteiger partial charge in [0, 0.05) is 38.3 Å². The highest BCUT2D eigenvalue weighted by atomic mass is 79.9. The lowest BCUT2D eigenvalue weighted by Gasteiger charge is -2.28. The molecule has 19 heavy (non-hydrogen) atoms. The number of hydrogen-bond acceptors (Lipinski definition) is 4. The van der Waals surface area contributed by atoms with Gasteiger partial charge in [0.1, 0.15) is 0 Å². The number of piperazine rings is 1. The van der Waals surface area contributed by atoms with Crippen molar-refractivity contribution in [3.8, 4) is 11.5 Å². The molecular weight excluding hydrogens is 332 g/mol. The zero-order valence-corrected chi connectivity index (χ0v) is 13.5. The zero-order valence-electron chi connectivity index (χ0n) is 11.1. The number of methoxy groups -OCH3 is 2. The van der Waals surface area contributed by atoms with Crippen molar-refractivity contribution in [1.29, 1.82) is 0 Å². The topological polar surface area (TPSA) is 33.7 Å². The van der Waals surface area contributed by atoms with Gasteiger partial charge in [-0.25, -0.2) is 0 Å². The first-order valence-corrected chi connectivity index (χ1v) is 7.36. The number of ether oxygens (including phenoxy) is 2. The summed E-state index contributed by atoms with van der Waals surface area (Å²) in [5.74, 6) is 1.40. The molecular formula is C13H18BrClN2O2. The van der Waals surface area contributed by atoms with Gasteiger partial charge in [-0.2, -0.15) is 0 Å². The third-order valence-electron chi connectivity index (χ3n) is 3.24.